The van der Waals surface area contributed by atoms with Crippen LogP contribution in [0.15, 0.2) is 84.0 Å². The lowest BCUT2D eigenvalue weighted by atomic mass is 9.71. The quantitative estimate of drug-likeness (QED) is 0.183. The third kappa shape index (κ3) is 8.07. The number of pyridine rings is 1. The number of halogens is 4. The Balaban J connectivity index is 1.36. The number of ether oxygens (including phenoxy) is 1. The van der Waals surface area contributed by atoms with Gasteiger partial charge in [0.2, 0.25) is 5.91 Å². The molecule has 0 spiro atoms. The standard InChI is InChI=1S/C43H47Cl2F2N5O3/c1-7-55-36-24-37(41(2,3)4)48-26-34(36)39-50-42(5,29-8-12-31(44)13-9-29)43(6,30-10-14-32(45)15-11-30)52(39)40(54)51-20-18-27(19-21-51)22-38(53)49-25-28-23-33(46)16-17-35(28)47/h8-17,23-24,26-27H,7,18-22,25H2,1-6H3,(H,49,53)/t42-,43+/m0/s1. The maximum Gasteiger partial charge on any atom is 0.326 e. The van der Waals surface area contributed by atoms with E-state index in [1.54, 1.807) is 11.1 Å². The second kappa shape index (κ2) is 15.9. The van der Waals surface area contributed by atoms with Crippen LogP contribution in [-0.2, 0) is 27.8 Å². The number of benzene rings is 3. The lowest BCUT2D eigenvalue weighted by molar-refractivity contribution is -0.122. The molecule has 8 nitrogen and oxygen atoms in total. The number of aromatic nitrogens is 1. The van der Waals surface area contributed by atoms with Crippen molar-refractivity contribution in [2.24, 2.45) is 10.9 Å². The Morgan fingerprint density at radius 2 is 1.55 bits per heavy atom. The zero-order valence-electron chi connectivity index (χ0n) is 32.1. The predicted molar refractivity (Wildman–Crippen MR) is 213 cm³/mol. The fraction of sp³-hybridized carbons (Fsp3) is 0.395. The number of carbonyl (C=O) groups excluding carboxylic acids is 2. The van der Waals surface area contributed by atoms with Crippen molar-refractivity contribution in [3.05, 3.63) is 129 Å². The molecular weight excluding hydrogens is 743 g/mol. The van der Waals surface area contributed by atoms with Crippen molar-refractivity contribution in [2.75, 3.05) is 19.7 Å². The highest BCUT2D eigenvalue weighted by Crippen LogP contribution is 2.54. The van der Waals surface area contributed by atoms with Crippen molar-refractivity contribution in [3.63, 3.8) is 0 Å². The van der Waals surface area contributed by atoms with E-state index < -0.39 is 22.7 Å². The van der Waals surface area contributed by atoms with Crippen LogP contribution in [0.25, 0.3) is 0 Å². The van der Waals surface area contributed by atoms with E-state index in [9.17, 15) is 13.6 Å². The van der Waals surface area contributed by atoms with Crippen molar-refractivity contribution in [3.8, 4) is 5.75 Å². The minimum absolute atomic E-state index is 0.00574. The first-order valence-electron chi connectivity index (χ1n) is 18.6. The Morgan fingerprint density at radius 1 is 0.927 bits per heavy atom. The molecule has 55 heavy (non-hydrogen) atoms. The van der Waals surface area contributed by atoms with Crippen LogP contribution >= 0.6 is 23.2 Å². The van der Waals surface area contributed by atoms with Crippen molar-refractivity contribution >= 4 is 41.0 Å². The number of hydrogen-bond acceptors (Lipinski definition) is 5. The van der Waals surface area contributed by atoms with Gasteiger partial charge >= 0.3 is 6.03 Å². The number of amides is 3. The van der Waals surface area contributed by atoms with Crippen molar-refractivity contribution in [1.29, 1.82) is 0 Å². The van der Waals surface area contributed by atoms with Crippen LogP contribution in [0.2, 0.25) is 10.0 Å². The lowest BCUT2D eigenvalue weighted by Crippen LogP contribution is -2.59. The molecule has 1 saturated heterocycles. The maximum atomic E-state index is 15.3. The molecule has 0 radical (unpaired) electrons. The Labute approximate surface area is 331 Å². The van der Waals surface area contributed by atoms with Gasteiger partial charge in [-0.05, 0) is 93.1 Å². The molecule has 1 N–H and O–H groups in total. The van der Waals surface area contributed by atoms with Gasteiger partial charge in [-0.2, -0.15) is 0 Å². The van der Waals surface area contributed by atoms with Crippen LogP contribution in [0.3, 0.4) is 0 Å². The van der Waals surface area contributed by atoms with Crippen LogP contribution in [0, 0.1) is 17.6 Å². The van der Waals surface area contributed by atoms with Gasteiger partial charge in [-0.25, -0.2) is 13.6 Å². The van der Waals surface area contributed by atoms with E-state index in [1.165, 1.54) is 0 Å². The van der Waals surface area contributed by atoms with E-state index in [1.807, 2.05) is 80.3 Å². The molecule has 0 aliphatic carbocycles. The van der Waals surface area contributed by atoms with Crippen molar-refractivity contribution in [1.82, 2.24) is 20.1 Å². The zero-order chi connectivity index (χ0) is 39.7. The number of nitrogens with one attached hydrogen (secondary N) is 1. The summed E-state index contributed by atoms with van der Waals surface area (Å²) in [5.74, 6) is -0.421. The Kier molecular flexibility index (Phi) is 11.6. The number of amidine groups is 1. The van der Waals surface area contributed by atoms with E-state index in [4.69, 9.17) is 37.9 Å². The lowest BCUT2D eigenvalue weighted by Gasteiger charge is -2.47. The van der Waals surface area contributed by atoms with E-state index in [0.29, 0.717) is 59.7 Å². The highest BCUT2D eigenvalue weighted by molar-refractivity contribution is 6.30. The number of urea groups is 1. The zero-order valence-corrected chi connectivity index (χ0v) is 33.6. The number of rotatable bonds is 9. The molecule has 290 valence electrons. The summed E-state index contributed by atoms with van der Waals surface area (Å²) in [6, 6.07) is 19.9. The second-order valence-corrected chi connectivity index (χ2v) is 16.5. The van der Waals surface area contributed by atoms with E-state index in [2.05, 4.69) is 26.1 Å². The minimum atomic E-state index is -1.09. The summed E-state index contributed by atoms with van der Waals surface area (Å²) in [4.78, 5) is 42.1. The predicted octanol–water partition coefficient (Wildman–Crippen LogP) is 9.79. The molecule has 1 aromatic heterocycles. The molecule has 4 aromatic rings. The molecule has 0 saturated carbocycles. The SMILES string of the molecule is CCOc1cc(C(C)(C)C)ncc1C1=N[C@@](C)(c2ccc(Cl)cc2)[C@@](C)(c2ccc(Cl)cc2)N1C(=O)N1CCC(CC(=O)NCc2cc(F)ccc2F)CC1. The highest BCUT2D eigenvalue weighted by Gasteiger charge is 2.60. The second-order valence-electron chi connectivity index (χ2n) is 15.6. The highest BCUT2D eigenvalue weighted by atomic mass is 35.5. The van der Waals surface area contributed by atoms with Gasteiger partial charge in [-0.3, -0.25) is 19.7 Å². The molecule has 12 heteroatoms. The molecule has 6 rings (SSSR count). The number of piperidine rings is 1. The Hall–Kier alpha value is -4.54. The number of carbonyl (C=O) groups is 2. The molecule has 2 aliphatic heterocycles. The summed E-state index contributed by atoms with van der Waals surface area (Å²) in [7, 11) is 0. The number of likely N-dealkylation sites (tertiary alicyclic amines) is 1. The van der Waals surface area contributed by atoms with Gasteiger partial charge in [-0.15, -0.1) is 0 Å². The normalized spacial score (nSPS) is 20.4. The topological polar surface area (TPSA) is 87.1 Å². The monoisotopic (exact) mass is 789 g/mol. The Bertz CT molecular complexity index is 2080. The van der Waals surface area contributed by atoms with Crippen molar-refractivity contribution in [2.45, 2.75) is 83.8 Å². The number of aliphatic imine (C=N–C) groups is 1. The Morgan fingerprint density at radius 3 is 2.15 bits per heavy atom. The average molecular weight is 791 g/mol. The van der Waals surface area contributed by atoms with Gasteiger partial charge in [0.05, 0.1) is 12.2 Å². The molecule has 0 unspecified atom stereocenters. The summed E-state index contributed by atoms with van der Waals surface area (Å²) in [5.41, 5.74) is 0.799. The summed E-state index contributed by atoms with van der Waals surface area (Å²) < 4.78 is 34.1. The fourth-order valence-electron chi connectivity index (χ4n) is 7.53. The molecule has 1 fully saturated rings. The smallest absolute Gasteiger partial charge is 0.326 e. The first kappa shape index (κ1) is 40.1. The minimum Gasteiger partial charge on any atom is -0.493 e. The van der Waals surface area contributed by atoms with Gasteiger partial charge in [0, 0.05) is 65.0 Å². The maximum absolute atomic E-state index is 15.3. The van der Waals surface area contributed by atoms with Gasteiger partial charge in [0.1, 0.15) is 34.3 Å². The van der Waals surface area contributed by atoms with Gasteiger partial charge < -0.3 is 15.0 Å². The molecule has 2 aliphatic rings. The van der Waals surface area contributed by atoms with Crippen molar-refractivity contribution < 1.29 is 23.1 Å². The van der Waals surface area contributed by atoms with Crippen LogP contribution in [-0.4, -0.2) is 52.3 Å². The van der Waals surface area contributed by atoms with E-state index in [0.717, 1.165) is 35.0 Å². The first-order chi connectivity index (χ1) is 26.0. The van der Waals surface area contributed by atoms with E-state index >= 15 is 4.79 Å². The molecular formula is C43H47Cl2F2N5O3. The van der Waals surface area contributed by atoms with E-state index in [-0.39, 0.29) is 41.8 Å². The third-order valence-corrected chi connectivity index (χ3v) is 11.5. The molecule has 3 amide bonds. The van der Waals surface area contributed by atoms with Crippen LogP contribution in [0.5, 0.6) is 5.75 Å². The van der Waals surface area contributed by atoms with Crippen LogP contribution in [0.4, 0.5) is 13.6 Å². The third-order valence-electron chi connectivity index (χ3n) is 11.0. The molecule has 3 aromatic carbocycles. The van der Waals surface area contributed by atoms with Gasteiger partial charge in [-0.1, -0.05) is 68.2 Å². The first-order valence-corrected chi connectivity index (χ1v) is 19.4. The summed E-state index contributed by atoms with van der Waals surface area (Å²) in [5, 5.41) is 3.86. The molecule has 3 heterocycles. The molecule has 0 bridgehead atoms. The van der Waals surface area contributed by atoms with Crippen LogP contribution < -0.4 is 10.1 Å². The summed E-state index contributed by atoms with van der Waals surface area (Å²) >= 11 is 12.8. The number of hydrogen-bond donors (Lipinski definition) is 1. The largest absolute Gasteiger partial charge is 0.493 e. The summed E-state index contributed by atoms with van der Waals surface area (Å²) in [6.07, 6.45) is 3.11. The van der Waals surface area contributed by atoms with Crippen LogP contribution in [0.1, 0.15) is 88.8 Å². The summed E-state index contributed by atoms with van der Waals surface area (Å²) in [6.45, 7) is 13.3. The van der Waals surface area contributed by atoms with Gasteiger partial charge in [0.15, 0.2) is 0 Å². The average Bonchev–Trinajstić information content (AvgIpc) is 3.39. The molecule has 2 atom stereocenters. The van der Waals surface area contributed by atoms with Gasteiger partial charge in [0.25, 0.3) is 0 Å². The number of nitrogens with zero attached hydrogens (tertiary/aromatic N) is 4. The fourth-order valence-corrected chi connectivity index (χ4v) is 7.79.